The van der Waals surface area contributed by atoms with E-state index < -0.39 is 11.8 Å². The normalized spacial score (nSPS) is 10.3. The number of ether oxygens (including phenoxy) is 1. The summed E-state index contributed by atoms with van der Waals surface area (Å²) < 4.78 is 18.2. The fourth-order valence-corrected chi connectivity index (χ4v) is 2.29. The molecular weight excluding hydrogens is 359 g/mol. The van der Waals surface area contributed by atoms with Crippen LogP contribution in [0.4, 0.5) is 14.9 Å². The van der Waals surface area contributed by atoms with E-state index in [-0.39, 0.29) is 17.5 Å². The second-order valence-corrected chi connectivity index (χ2v) is 6.03. The minimum atomic E-state index is -0.506. The predicted octanol–water partition coefficient (Wildman–Crippen LogP) is 4.76. The number of rotatable bonds is 7. The van der Waals surface area contributed by atoms with E-state index in [2.05, 4.69) is 10.6 Å². The summed E-state index contributed by atoms with van der Waals surface area (Å²) in [4.78, 5) is 23.7. The van der Waals surface area contributed by atoms with Crippen LogP contribution in [0, 0.1) is 5.82 Å². The van der Waals surface area contributed by atoms with Crippen LogP contribution in [0.15, 0.2) is 42.5 Å². The molecule has 0 spiro atoms. The summed E-state index contributed by atoms with van der Waals surface area (Å²) >= 11 is 5.70. The van der Waals surface area contributed by atoms with Gasteiger partial charge in [-0.1, -0.05) is 31.0 Å². The molecule has 0 saturated carbocycles. The highest BCUT2D eigenvalue weighted by Crippen LogP contribution is 2.16. The van der Waals surface area contributed by atoms with Gasteiger partial charge in [0.15, 0.2) is 0 Å². The molecule has 138 valence electrons. The van der Waals surface area contributed by atoms with Crippen LogP contribution in [0.5, 0.6) is 0 Å². The summed E-state index contributed by atoms with van der Waals surface area (Å²) in [5.74, 6) is -0.893. The van der Waals surface area contributed by atoms with Crippen molar-refractivity contribution >= 4 is 29.3 Å². The maximum Gasteiger partial charge on any atom is 0.338 e. The molecule has 0 atom stereocenters. The Morgan fingerprint density at radius 1 is 1.15 bits per heavy atom. The molecule has 2 amide bonds. The zero-order chi connectivity index (χ0) is 18.9. The van der Waals surface area contributed by atoms with Gasteiger partial charge >= 0.3 is 12.0 Å². The van der Waals surface area contributed by atoms with Crippen molar-refractivity contribution in [1.29, 1.82) is 0 Å². The average molecular weight is 379 g/mol. The second-order valence-electron chi connectivity index (χ2n) is 5.62. The van der Waals surface area contributed by atoms with Gasteiger partial charge in [0.1, 0.15) is 5.82 Å². The van der Waals surface area contributed by atoms with Crippen molar-refractivity contribution in [3.63, 3.8) is 0 Å². The molecule has 0 saturated heterocycles. The van der Waals surface area contributed by atoms with Crippen molar-refractivity contribution in [2.24, 2.45) is 0 Å². The minimum absolute atomic E-state index is 0.00567. The van der Waals surface area contributed by atoms with E-state index in [1.54, 1.807) is 30.3 Å². The number of amides is 2. The van der Waals surface area contributed by atoms with E-state index in [0.29, 0.717) is 23.4 Å². The molecule has 0 aliphatic carbocycles. The number of benzene rings is 2. The lowest BCUT2D eigenvalue weighted by Crippen LogP contribution is -2.28. The van der Waals surface area contributed by atoms with Gasteiger partial charge in [0.25, 0.3) is 0 Å². The van der Waals surface area contributed by atoms with Crippen molar-refractivity contribution in [3.8, 4) is 0 Å². The van der Waals surface area contributed by atoms with E-state index in [9.17, 15) is 14.0 Å². The number of urea groups is 1. The molecule has 26 heavy (non-hydrogen) atoms. The molecule has 0 aliphatic heterocycles. The number of hydrogen-bond donors (Lipinski definition) is 2. The first-order chi connectivity index (χ1) is 12.5. The molecule has 0 heterocycles. The lowest BCUT2D eigenvalue weighted by molar-refractivity contribution is 0.0500. The summed E-state index contributed by atoms with van der Waals surface area (Å²) in [5, 5.41) is 5.30. The van der Waals surface area contributed by atoms with Crippen molar-refractivity contribution in [2.45, 2.75) is 26.3 Å². The van der Waals surface area contributed by atoms with E-state index in [4.69, 9.17) is 16.3 Å². The Kier molecular flexibility index (Phi) is 7.41. The van der Waals surface area contributed by atoms with Crippen LogP contribution in [0.2, 0.25) is 5.02 Å². The molecule has 0 fully saturated rings. The van der Waals surface area contributed by atoms with Gasteiger partial charge in [-0.2, -0.15) is 0 Å². The van der Waals surface area contributed by atoms with Gasteiger partial charge in [0.05, 0.1) is 17.2 Å². The monoisotopic (exact) mass is 378 g/mol. The Labute approximate surface area is 156 Å². The Morgan fingerprint density at radius 3 is 2.54 bits per heavy atom. The zero-order valence-electron chi connectivity index (χ0n) is 14.4. The number of halogens is 2. The van der Waals surface area contributed by atoms with Crippen molar-refractivity contribution in [2.75, 3.05) is 11.9 Å². The van der Waals surface area contributed by atoms with Crippen LogP contribution in [0.25, 0.3) is 0 Å². The molecule has 0 unspecified atom stereocenters. The largest absolute Gasteiger partial charge is 0.462 e. The summed E-state index contributed by atoms with van der Waals surface area (Å²) in [5.41, 5.74) is 1.63. The molecule has 0 bridgehead atoms. The van der Waals surface area contributed by atoms with E-state index in [0.717, 1.165) is 12.8 Å². The van der Waals surface area contributed by atoms with Gasteiger partial charge in [0.2, 0.25) is 0 Å². The SMILES string of the molecule is CCCCOC(=O)c1ccc(NC(=O)NCc2ccc(F)c(Cl)c2)cc1. The Bertz CT molecular complexity index is 766. The van der Waals surface area contributed by atoms with Gasteiger partial charge in [-0.05, 0) is 48.4 Å². The number of carbonyl (C=O) groups excluding carboxylic acids is 2. The number of carbonyl (C=O) groups is 2. The first-order valence-electron chi connectivity index (χ1n) is 8.25. The topological polar surface area (TPSA) is 67.4 Å². The van der Waals surface area contributed by atoms with E-state index in [1.807, 2.05) is 6.92 Å². The number of nitrogens with one attached hydrogen (secondary N) is 2. The van der Waals surface area contributed by atoms with Crippen LogP contribution in [-0.4, -0.2) is 18.6 Å². The van der Waals surface area contributed by atoms with Gasteiger partial charge < -0.3 is 15.4 Å². The van der Waals surface area contributed by atoms with Gasteiger partial charge in [-0.25, -0.2) is 14.0 Å². The van der Waals surface area contributed by atoms with Gasteiger partial charge in [0, 0.05) is 12.2 Å². The summed E-state index contributed by atoms with van der Waals surface area (Å²) in [7, 11) is 0. The maximum atomic E-state index is 13.1. The number of anilines is 1. The van der Waals surface area contributed by atoms with Crippen LogP contribution < -0.4 is 10.6 Å². The third-order valence-electron chi connectivity index (χ3n) is 3.55. The Balaban J connectivity index is 1.83. The Morgan fingerprint density at radius 2 is 1.88 bits per heavy atom. The number of unbranched alkanes of at least 4 members (excludes halogenated alkanes) is 1. The lowest BCUT2D eigenvalue weighted by atomic mass is 10.2. The van der Waals surface area contributed by atoms with Gasteiger partial charge in [-0.3, -0.25) is 0 Å². The summed E-state index contributed by atoms with van der Waals surface area (Å²) in [6.45, 7) is 2.61. The number of esters is 1. The minimum Gasteiger partial charge on any atom is -0.462 e. The molecule has 2 N–H and O–H groups in total. The second kappa shape index (κ2) is 9.77. The van der Waals surface area contributed by atoms with Crippen LogP contribution >= 0.6 is 11.6 Å². The smallest absolute Gasteiger partial charge is 0.338 e. The van der Waals surface area contributed by atoms with Crippen molar-refractivity contribution in [1.82, 2.24) is 5.32 Å². The molecule has 2 rings (SSSR count). The molecule has 0 aromatic heterocycles. The van der Waals surface area contributed by atoms with Crippen LogP contribution in [0.1, 0.15) is 35.7 Å². The maximum absolute atomic E-state index is 13.1. The highest BCUT2D eigenvalue weighted by atomic mass is 35.5. The van der Waals surface area contributed by atoms with Crippen LogP contribution in [0.3, 0.4) is 0 Å². The standard InChI is InChI=1S/C19H20ClFN2O3/c1-2-3-10-26-18(24)14-5-7-15(8-6-14)23-19(25)22-12-13-4-9-17(21)16(20)11-13/h4-9,11H,2-3,10,12H2,1H3,(H2,22,23,25). The molecule has 2 aromatic carbocycles. The molecular formula is C19H20ClFN2O3. The first kappa shape index (κ1) is 19.7. The van der Waals surface area contributed by atoms with Crippen LogP contribution in [-0.2, 0) is 11.3 Å². The van der Waals surface area contributed by atoms with E-state index >= 15 is 0 Å². The van der Waals surface area contributed by atoms with E-state index in [1.165, 1.54) is 12.1 Å². The molecule has 7 heteroatoms. The Hall–Kier alpha value is -2.60. The first-order valence-corrected chi connectivity index (χ1v) is 8.63. The predicted molar refractivity (Wildman–Crippen MR) is 98.9 cm³/mol. The third kappa shape index (κ3) is 6.04. The zero-order valence-corrected chi connectivity index (χ0v) is 15.1. The number of hydrogen-bond acceptors (Lipinski definition) is 3. The quantitative estimate of drug-likeness (QED) is 0.539. The summed E-state index contributed by atoms with van der Waals surface area (Å²) in [6.07, 6.45) is 1.78. The fraction of sp³-hybridized carbons (Fsp3) is 0.263. The summed E-state index contributed by atoms with van der Waals surface area (Å²) in [6, 6.07) is 10.2. The van der Waals surface area contributed by atoms with Crippen molar-refractivity contribution < 1.29 is 18.7 Å². The molecule has 0 aliphatic rings. The average Bonchev–Trinajstić information content (AvgIpc) is 2.63. The molecule has 0 radical (unpaired) electrons. The molecule has 5 nitrogen and oxygen atoms in total. The molecule has 2 aromatic rings. The lowest BCUT2D eigenvalue weighted by Gasteiger charge is -2.09. The van der Waals surface area contributed by atoms with Crippen molar-refractivity contribution in [3.05, 3.63) is 64.4 Å². The highest BCUT2D eigenvalue weighted by molar-refractivity contribution is 6.30. The third-order valence-corrected chi connectivity index (χ3v) is 3.84. The van der Waals surface area contributed by atoms with Gasteiger partial charge in [-0.15, -0.1) is 0 Å². The highest BCUT2D eigenvalue weighted by Gasteiger charge is 2.08. The fourth-order valence-electron chi connectivity index (χ4n) is 2.09.